The number of rotatable bonds is 2. The maximum Gasteiger partial charge on any atom is -0.0356 e. The summed E-state index contributed by atoms with van der Waals surface area (Å²) >= 11 is 0. The molecule has 0 saturated heterocycles. The lowest BCUT2D eigenvalue weighted by Crippen LogP contribution is -1.52. The topological polar surface area (TPSA) is 0 Å². The molecule has 6 heavy (non-hydrogen) atoms. The second-order valence-electron chi connectivity index (χ2n) is 1.08. The monoisotopic (exact) mass is 90.1 g/mol. The smallest absolute Gasteiger partial charge is 0.0356 e. The van der Waals surface area contributed by atoms with Crippen molar-refractivity contribution in [1.82, 2.24) is 0 Å². The van der Waals surface area contributed by atoms with E-state index in [1.165, 1.54) is 6.42 Å². The molecule has 1 heteroatoms. The molecule has 0 unspecified atom stereocenters. The fraction of sp³-hybridized carbons (Fsp3) is 0.600. The van der Waals surface area contributed by atoms with Crippen molar-refractivity contribution >= 4 is 0 Å². The van der Waals surface area contributed by atoms with Crippen LogP contribution < -0.4 is 0 Å². The zero-order valence-electron chi connectivity index (χ0n) is 4.11. The Labute approximate surface area is 38.2 Å². The maximum absolute atomic E-state index is 3.55. The average molecular weight is 90.1 g/mol. The Morgan fingerprint density at radius 3 is 2.17 bits per heavy atom. The summed E-state index contributed by atoms with van der Waals surface area (Å²) in [6.07, 6.45) is 4.31. The summed E-state index contributed by atoms with van der Waals surface area (Å²) < 4.78 is 0. The molecule has 0 aliphatic rings. The molecular weight excluding hydrogens is 79.1 g/mol. The van der Waals surface area contributed by atoms with Gasteiger partial charge in [-0.25, -0.2) is 0 Å². The summed E-state index contributed by atoms with van der Waals surface area (Å²) in [7, 11) is 0. The van der Waals surface area contributed by atoms with E-state index >= 15 is 0 Å². The van der Waals surface area contributed by atoms with E-state index < -0.39 is 0 Å². The fourth-order valence-corrected chi connectivity index (χ4v) is 0.204. The molecule has 0 heterocycles. The minimum atomic E-state index is 0. The van der Waals surface area contributed by atoms with Crippen LogP contribution in [0.15, 0.2) is 12.7 Å². The first-order valence-corrected chi connectivity index (χ1v) is 2.02. The lowest BCUT2D eigenvalue weighted by molar-refractivity contribution is 0.961. The third-order valence-corrected chi connectivity index (χ3v) is 0.493. The van der Waals surface area contributed by atoms with Crippen molar-refractivity contribution in [3.05, 3.63) is 12.7 Å². The van der Waals surface area contributed by atoms with Crippen LogP contribution in [0.3, 0.4) is 0 Å². The van der Waals surface area contributed by atoms with Crippen molar-refractivity contribution in [2.24, 2.45) is 0 Å². The molecule has 0 nitrogen and oxygen atoms in total. The molecule has 0 amide bonds. The highest BCUT2D eigenvalue weighted by Gasteiger charge is 1.61. The molecule has 0 saturated carbocycles. The highest BCUT2D eigenvalue weighted by Crippen LogP contribution is 1.82. The van der Waals surface area contributed by atoms with Crippen LogP contribution in [-0.2, 0) is 0 Å². The van der Waals surface area contributed by atoms with Gasteiger partial charge < -0.3 is 0 Å². The normalized spacial score (nSPS) is 6.17. The second kappa shape index (κ2) is 8.82. The van der Waals surface area contributed by atoms with Gasteiger partial charge in [0.1, 0.15) is 0 Å². The first kappa shape index (κ1) is 9.18. The van der Waals surface area contributed by atoms with Crippen molar-refractivity contribution in [1.29, 1.82) is 0 Å². The second-order valence-corrected chi connectivity index (χ2v) is 1.08. The van der Waals surface area contributed by atoms with Crippen LogP contribution in [0.5, 0.6) is 0 Å². The van der Waals surface area contributed by atoms with Gasteiger partial charge >= 0.3 is 0 Å². The molecule has 0 aromatic carbocycles. The Bertz CT molecular complexity index is 25.1. The number of hydrogen-bond acceptors (Lipinski definition) is 0. The Hall–Kier alpha value is -0.330. The molecule has 0 fully saturated rings. The highest BCUT2D eigenvalue weighted by molar-refractivity contribution is 4.63. The Balaban J connectivity index is 0. The van der Waals surface area contributed by atoms with Crippen LogP contribution in [0.4, 0.5) is 4.70 Å². The summed E-state index contributed by atoms with van der Waals surface area (Å²) in [6, 6.07) is 0. The molecule has 0 aromatic heterocycles. The molecule has 0 radical (unpaired) electrons. The lowest BCUT2D eigenvalue weighted by atomic mass is 10.3. The molecule has 0 bridgehead atoms. The standard InChI is InChI=1S/C5H10.FH/c1-3-5-4-2;/h3H,1,4-5H2,2H3;1H. The molecule has 0 aromatic rings. The highest BCUT2D eigenvalue weighted by atomic mass is 19.0. The van der Waals surface area contributed by atoms with Gasteiger partial charge in [0.25, 0.3) is 0 Å². The minimum Gasteiger partial charge on any atom is -0.269 e. The molecule has 0 rings (SSSR count). The van der Waals surface area contributed by atoms with E-state index in [-0.39, 0.29) is 4.70 Å². The molecule has 0 spiro atoms. The summed E-state index contributed by atoms with van der Waals surface area (Å²) in [5.41, 5.74) is 0. The van der Waals surface area contributed by atoms with Gasteiger partial charge in [-0.3, -0.25) is 4.70 Å². The largest absolute Gasteiger partial charge is 0.269 e. The van der Waals surface area contributed by atoms with E-state index in [4.69, 9.17) is 0 Å². The van der Waals surface area contributed by atoms with E-state index in [0.717, 1.165) is 6.42 Å². The van der Waals surface area contributed by atoms with Gasteiger partial charge in [0.2, 0.25) is 0 Å². The molecule has 0 N–H and O–H groups in total. The summed E-state index contributed by atoms with van der Waals surface area (Å²) in [5, 5.41) is 0. The minimum absolute atomic E-state index is 0. The Morgan fingerprint density at radius 1 is 1.67 bits per heavy atom. The van der Waals surface area contributed by atoms with Crippen LogP contribution in [-0.4, -0.2) is 0 Å². The Kier molecular flexibility index (Phi) is 13.5. The van der Waals surface area contributed by atoms with Crippen LogP contribution in [0.2, 0.25) is 0 Å². The maximum atomic E-state index is 3.55. The third kappa shape index (κ3) is 9.38. The van der Waals surface area contributed by atoms with Crippen molar-refractivity contribution in [3.63, 3.8) is 0 Å². The Morgan fingerprint density at radius 2 is 2.17 bits per heavy atom. The zero-order valence-corrected chi connectivity index (χ0v) is 4.11. The quantitative estimate of drug-likeness (QED) is 0.455. The number of unbranched alkanes of at least 4 members (excludes halogenated alkanes) is 1. The molecule has 0 atom stereocenters. The summed E-state index contributed by atoms with van der Waals surface area (Å²) in [6.45, 7) is 5.69. The SMILES string of the molecule is C=CCCC.F. The molecule has 38 valence electrons. The van der Waals surface area contributed by atoms with E-state index in [2.05, 4.69) is 13.5 Å². The van der Waals surface area contributed by atoms with Gasteiger partial charge in [0.15, 0.2) is 0 Å². The van der Waals surface area contributed by atoms with Gasteiger partial charge in [0, 0.05) is 0 Å². The fourth-order valence-electron chi connectivity index (χ4n) is 0.204. The average Bonchev–Trinajstić information content (AvgIpc) is 1.41. The third-order valence-electron chi connectivity index (χ3n) is 0.493. The van der Waals surface area contributed by atoms with Crippen molar-refractivity contribution in [2.75, 3.05) is 0 Å². The van der Waals surface area contributed by atoms with Crippen molar-refractivity contribution in [3.8, 4) is 0 Å². The molecular formula is C5H11F. The van der Waals surface area contributed by atoms with E-state index in [1.54, 1.807) is 0 Å². The van der Waals surface area contributed by atoms with Crippen LogP contribution in [0, 0.1) is 0 Å². The van der Waals surface area contributed by atoms with Crippen molar-refractivity contribution in [2.45, 2.75) is 19.8 Å². The van der Waals surface area contributed by atoms with Crippen molar-refractivity contribution < 1.29 is 4.70 Å². The van der Waals surface area contributed by atoms with Crippen LogP contribution in [0.25, 0.3) is 0 Å². The van der Waals surface area contributed by atoms with Gasteiger partial charge in [0.05, 0.1) is 0 Å². The number of hydrogen-bond donors (Lipinski definition) is 0. The number of allylic oxidation sites excluding steroid dienone is 1. The predicted octanol–water partition coefficient (Wildman–Crippen LogP) is 2.13. The van der Waals surface area contributed by atoms with E-state index in [9.17, 15) is 0 Å². The first-order valence-electron chi connectivity index (χ1n) is 2.02. The first-order chi connectivity index (χ1) is 2.41. The summed E-state index contributed by atoms with van der Waals surface area (Å²) in [4.78, 5) is 0. The van der Waals surface area contributed by atoms with Gasteiger partial charge in [-0.15, -0.1) is 6.58 Å². The predicted molar refractivity (Wildman–Crippen MR) is 27.6 cm³/mol. The van der Waals surface area contributed by atoms with Crippen LogP contribution in [0.1, 0.15) is 19.8 Å². The zero-order chi connectivity index (χ0) is 4.12. The van der Waals surface area contributed by atoms with E-state index in [0.29, 0.717) is 0 Å². The lowest BCUT2D eigenvalue weighted by Gasteiger charge is -1.72. The van der Waals surface area contributed by atoms with E-state index in [1.807, 2.05) is 6.08 Å². The number of halogens is 1. The van der Waals surface area contributed by atoms with Gasteiger partial charge in [-0.05, 0) is 6.42 Å². The van der Waals surface area contributed by atoms with Gasteiger partial charge in [-0.2, -0.15) is 0 Å². The van der Waals surface area contributed by atoms with Crippen LogP contribution >= 0.6 is 0 Å². The molecule has 0 aliphatic carbocycles. The van der Waals surface area contributed by atoms with Gasteiger partial charge in [-0.1, -0.05) is 19.4 Å². The summed E-state index contributed by atoms with van der Waals surface area (Å²) in [5.74, 6) is 0. The molecule has 0 aliphatic heterocycles.